The van der Waals surface area contributed by atoms with Crippen molar-refractivity contribution < 1.29 is 9.18 Å². The summed E-state index contributed by atoms with van der Waals surface area (Å²) in [5.74, 6) is -1.26. The number of nitrogens with two attached hydrogens (primary N) is 1. The number of nitrogen functional groups attached to an aromatic ring is 1. The molecule has 0 heterocycles. The van der Waals surface area contributed by atoms with E-state index in [1.54, 1.807) is 6.07 Å². The molecule has 2 aromatic carbocycles. The molecule has 0 unspecified atom stereocenters. The maximum atomic E-state index is 13.7. The molecule has 0 bridgehead atoms. The lowest BCUT2D eigenvalue weighted by atomic mass is 10.1. The normalized spacial score (nSPS) is 10.4. The van der Waals surface area contributed by atoms with Gasteiger partial charge in [-0.3, -0.25) is 4.79 Å². The Hall–Kier alpha value is -2.07. The average molecular weight is 293 g/mol. The second-order valence-corrected chi connectivity index (χ2v) is 4.98. The lowest BCUT2D eigenvalue weighted by Gasteiger charge is -2.12. The highest BCUT2D eigenvalue weighted by molar-refractivity contribution is 6.34. The Morgan fingerprint density at radius 3 is 2.60 bits per heavy atom. The Bertz CT molecular complexity index is 666. The van der Waals surface area contributed by atoms with Gasteiger partial charge >= 0.3 is 0 Å². The van der Waals surface area contributed by atoms with Gasteiger partial charge in [0.05, 0.1) is 10.6 Å². The zero-order valence-electron chi connectivity index (χ0n) is 11.1. The van der Waals surface area contributed by atoms with Gasteiger partial charge in [0.2, 0.25) is 0 Å². The van der Waals surface area contributed by atoms with E-state index in [1.807, 2.05) is 19.9 Å². The molecule has 2 aromatic rings. The summed E-state index contributed by atoms with van der Waals surface area (Å²) in [4.78, 5) is 12.1. The molecule has 2 rings (SSSR count). The van der Waals surface area contributed by atoms with Crippen molar-refractivity contribution in [3.05, 3.63) is 57.9 Å². The van der Waals surface area contributed by atoms with Gasteiger partial charge in [0.25, 0.3) is 5.91 Å². The third-order valence-corrected chi connectivity index (χ3v) is 3.37. The minimum Gasteiger partial charge on any atom is -0.398 e. The molecule has 0 aliphatic carbocycles. The van der Waals surface area contributed by atoms with Crippen molar-refractivity contribution in [1.29, 1.82) is 0 Å². The van der Waals surface area contributed by atoms with Crippen LogP contribution in [0.15, 0.2) is 30.3 Å². The van der Waals surface area contributed by atoms with Crippen LogP contribution < -0.4 is 11.1 Å². The predicted molar refractivity (Wildman–Crippen MR) is 79.7 cm³/mol. The molecule has 0 aliphatic rings. The predicted octanol–water partition coefficient (Wildman–Crippen LogP) is 3.93. The molecular formula is C15H14ClFN2O. The molecule has 5 heteroatoms. The number of hydrogen-bond donors (Lipinski definition) is 2. The molecule has 0 spiro atoms. The first-order chi connectivity index (χ1) is 9.40. The zero-order valence-corrected chi connectivity index (χ0v) is 11.9. The van der Waals surface area contributed by atoms with E-state index in [2.05, 4.69) is 5.32 Å². The molecule has 0 atom stereocenters. The molecule has 3 nitrogen and oxygen atoms in total. The molecule has 20 heavy (non-hydrogen) atoms. The maximum Gasteiger partial charge on any atom is 0.260 e. The highest BCUT2D eigenvalue weighted by Gasteiger charge is 2.16. The van der Waals surface area contributed by atoms with Crippen LogP contribution in [0.1, 0.15) is 21.5 Å². The quantitative estimate of drug-likeness (QED) is 0.824. The number of halogens is 2. The molecule has 3 N–H and O–H groups in total. The van der Waals surface area contributed by atoms with Crippen molar-refractivity contribution in [2.45, 2.75) is 13.8 Å². The Balaban J connectivity index is 2.35. The van der Waals surface area contributed by atoms with Gasteiger partial charge in [0, 0.05) is 11.4 Å². The number of carbonyl (C=O) groups is 1. The lowest BCUT2D eigenvalue weighted by Crippen LogP contribution is -2.15. The van der Waals surface area contributed by atoms with E-state index in [4.69, 9.17) is 17.3 Å². The third kappa shape index (κ3) is 2.75. The Kier molecular flexibility index (Phi) is 3.95. The highest BCUT2D eigenvalue weighted by atomic mass is 35.5. The van der Waals surface area contributed by atoms with Crippen molar-refractivity contribution >= 4 is 28.9 Å². The smallest absolute Gasteiger partial charge is 0.260 e. The van der Waals surface area contributed by atoms with Gasteiger partial charge in [-0.25, -0.2) is 4.39 Å². The Labute approximate surface area is 121 Å². The third-order valence-electron chi connectivity index (χ3n) is 3.05. The monoisotopic (exact) mass is 292 g/mol. The summed E-state index contributed by atoms with van der Waals surface area (Å²) in [6.45, 7) is 3.71. The SMILES string of the molecule is Cc1cc(C)c(NC(=O)c2c(F)cccc2Cl)cc1N. The van der Waals surface area contributed by atoms with E-state index in [1.165, 1.54) is 18.2 Å². The van der Waals surface area contributed by atoms with E-state index in [0.717, 1.165) is 11.1 Å². The van der Waals surface area contributed by atoms with Gasteiger partial charge in [0.1, 0.15) is 5.82 Å². The molecule has 0 aromatic heterocycles. The van der Waals surface area contributed by atoms with Gasteiger partial charge in [-0.15, -0.1) is 0 Å². The summed E-state index contributed by atoms with van der Waals surface area (Å²) in [6, 6.07) is 7.61. The van der Waals surface area contributed by atoms with Crippen LogP contribution in [0.2, 0.25) is 5.02 Å². The first-order valence-corrected chi connectivity index (χ1v) is 6.40. The number of nitrogens with one attached hydrogen (secondary N) is 1. The second kappa shape index (κ2) is 5.51. The summed E-state index contributed by atoms with van der Waals surface area (Å²) in [6.07, 6.45) is 0. The Morgan fingerprint density at radius 1 is 1.25 bits per heavy atom. The molecule has 104 valence electrons. The number of rotatable bonds is 2. The molecule has 1 amide bonds. The van der Waals surface area contributed by atoms with Gasteiger partial charge in [-0.2, -0.15) is 0 Å². The first kappa shape index (κ1) is 14.3. The number of aryl methyl sites for hydroxylation is 2. The largest absolute Gasteiger partial charge is 0.398 e. The van der Waals surface area contributed by atoms with E-state index >= 15 is 0 Å². The maximum absolute atomic E-state index is 13.7. The number of hydrogen-bond acceptors (Lipinski definition) is 2. The summed E-state index contributed by atoms with van der Waals surface area (Å²) in [5.41, 5.74) is 8.50. The zero-order chi connectivity index (χ0) is 14.9. The van der Waals surface area contributed by atoms with Crippen molar-refractivity contribution in [3.63, 3.8) is 0 Å². The van der Waals surface area contributed by atoms with Crippen LogP contribution >= 0.6 is 11.6 Å². The van der Waals surface area contributed by atoms with Crippen LogP contribution in [0, 0.1) is 19.7 Å². The fourth-order valence-corrected chi connectivity index (χ4v) is 2.15. The minimum absolute atomic E-state index is 0.0697. The number of anilines is 2. The standard InChI is InChI=1S/C15H14ClFN2O/c1-8-6-9(2)13(7-12(8)18)19-15(20)14-10(16)4-3-5-11(14)17/h3-7H,18H2,1-2H3,(H,19,20). The number of carbonyl (C=O) groups excluding carboxylic acids is 1. The topological polar surface area (TPSA) is 55.1 Å². The van der Waals surface area contributed by atoms with Crippen molar-refractivity contribution in [1.82, 2.24) is 0 Å². The van der Waals surface area contributed by atoms with Gasteiger partial charge in [-0.05, 0) is 43.2 Å². The molecule has 0 radical (unpaired) electrons. The minimum atomic E-state index is -0.660. The summed E-state index contributed by atoms with van der Waals surface area (Å²) >= 11 is 5.86. The van der Waals surface area contributed by atoms with E-state index in [0.29, 0.717) is 11.4 Å². The van der Waals surface area contributed by atoms with Crippen LogP contribution in [0.3, 0.4) is 0 Å². The summed E-state index contributed by atoms with van der Waals surface area (Å²) in [7, 11) is 0. The molecule has 0 saturated heterocycles. The van der Waals surface area contributed by atoms with Crippen LogP contribution in [-0.2, 0) is 0 Å². The van der Waals surface area contributed by atoms with Crippen LogP contribution in [-0.4, -0.2) is 5.91 Å². The molecule has 0 fully saturated rings. The number of amides is 1. The fourth-order valence-electron chi connectivity index (χ4n) is 1.90. The molecular weight excluding hydrogens is 279 g/mol. The van der Waals surface area contributed by atoms with Crippen molar-refractivity contribution in [2.24, 2.45) is 0 Å². The first-order valence-electron chi connectivity index (χ1n) is 6.02. The lowest BCUT2D eigenvalue weighted by molar-refractivity contribution is 0.102. The molecule has 0 aliphatic heterocycles. The Morgan fingerprint density at radius 2 is 1.95 bits per heavy atom. The van der Waals surface area contributed by atoms with Crippen molar-refractivity contribution in [3.8, 4) is 0 Å². The number of benzene rings is 2. The van der Waals surface area contributed by atoms with Gasteiger partial charge in [-0.1, -0.05) is 23.7 Å². The summed E-state index contributed by atoms with van der Waals surface area (Å²) < 4.78 is 13.7. The molecule has 0 saturated carbocycles. The second-order valence-electron chi connectivity index (χ2n) is 4.57. The van der Waals surface area contributed by atoms with E-state index in [-0.39, 0.29) is 10.6 Å². The fraction of sp³-hybridized carbons (Fsp3) is 0.133. The van der Waals surface area contributed by atoms with Crippen LogP contribution in [0.4, 0.5) is 15.8 Å². The average Bonchev–Trinajstić information content (AvgIpc) is 2.35. The van der Waals surface area contributed by atoms with Gasteiger partial charge < -0.3 is 11.1 Å². The van der Waals surface area contributed by atoms with E-state index < -0.39 is 11.7 Å². The van der Waals surface area contributed by atoms with Gasteiger partial charge in [0.15, 0.2) is 0 Å². The van der Waals surface area contributed by atoms with Crippen LogP contribution in [0.5, 0.6) is 0 Å². The van der Waals surface area contributed by atoms with Crippen LogP contribution in [0.25, 0.3) is 0 Å². The highest BCUT2D eigenvalue weighted by Crippen LogP contribution is 2.25. The van der Waals surface area contributed by atoms with Crippen molar-refractivity contribution in [2.75, 3.05) is 11.1 Å². The van der Waals surface area contributed by atoms with E-state index in [9.17, 15) is 9.18 Å². The summed E-state index contributed by atoms with van der Waals surface area (Å²) in [5, 5.41) is 2.70.